The molecule has 60 heteroatoms. The second-order valence-electron chi connectivity index (χ2n) is 30.6. The van der Waals surface area contributed by atoms with Crippen LogP contribution in [0.1, 0.15) is 87.2 Å². The number of halogens is 7. The molecule has 6 aliphatic heterocycles. The molecule has 0 saturated carbocycles. The second-order valence-corrected chi connectivity index (χ2v) is 33.1. The lowest BCUT2D eigenvalue weighted by molar-refractivity contribution is -0.135. The molecule has 6 aliphatic rings. The van der Waals surface area contributed by atoms with Crippen molar-refractivity contribution in [2.75, 3.05) is 85.2 Å². The first-order chi connectivity index (χ1) is 69.2. The maximum Gasteiger partial charge on any atom is 0.351 e. The lowest BCUT2D eigenvalue weighted by Gasteiger charge is -2.37. The molecule has 0 aromatic carbocycles. The third-order valence-electron chi connectivity index (χ3n) is 20.6. The van der Waals surface area contributed by atoms with Gasteiger partial charge in [-0.25, -0.2) is 75.9 Å². The van der Waals surface area contributed by atoms with E-state index in [0.717, 1.165) is 45.8 Å². The van der Waals surface area contributed by atoms with Crippen molar-refractivity contribution in [3.05, 3.63) is 213 Å². The van der Waals surface area contributed by atoms with Gasteiger partial charge in [-0.1, -0.05) is 6.58 Å². The van der Waals surface area contributed by atoms with E-state index in [-0.39, 0.29) is 79.0 Å². The normalized spacial score (nSPS) is 27.3. The third-order valence-corrected chi connectivity index (χ3v) is 23.6. The van der Waals surface area contributed by atoms with E-state index >= 15 is 4.39 Å². The van der Waals surface area contributed by atoms with E-state index in [4.69, 9.17) is 87.3 Å². The van der Waals surface area contributed by atoms with Crippen LogP contribution in [0.25, 0.3) is 44.0 Å². The molecule has 15 heterocycles. The number of aliphatic hydroxyl groups is 11. The van der Waals surface area contributed by atoms with E-state index < -0.39 is 245 Å². The van der Waals surface area contributed by atoms with Gasteiger partial charge < -0.3 is 140 Å². The van der Waals surface area contributed by atoms with Crippen LogP contribution in [-0.2, 0) is 56.5 Å². The van der Waals surface area contributed by atoms with Crippen molar-refractivity contribution in [2.24, 2.45) is 0 Å². The Morgan fingerprint density at radius 3 is 1.23 bits per heavy atom. The molecule has 0 aliphatic carbocycles. The van der Waals surface area contributed by atoms with Crippen LogP contribution in [0.15, 0.2) is 142 Å². The first kappa shape index (κ1) is 111. The monoisotopic (exact) mass is 2160 g/mol. The second kappa shape index (κ2) is 54.0. The van der Waals surface area contributed by atoms with Gasteiger partial charge in [0.2, 0.25) is 26.1 Å². The van der Waals surface area contributed by atoms with Crippen molar-refractivity contribution in [3.63, 3.8) is 0 Å². The number of aromatic nitrogens is 15. The Bertz CT molecular complexity index is 6370. The zero-order valence-corrected chi connectivity index (χ0v) is 79.2. The molecule has 6 fully saturated rings. The molecule has 0 bridgehead atoms. The summed E-state index contributed by atoms with van der Waals surface area (Å²) in [6.45, 7) is 15.4. The molecule has 780 valence electrons. The number of hydrogen-bond donors (Lipinski definition) is 17. The van der Waals surface area contributed by atoms with Crippen molar-refractivity contribution in [3.8, 4) is 0 Å². The fourth-order valence-corrected chi connectivity index (χ4v) is 15.9. The summed E-state index contributed by atoms with van der Waals surface area (Å²) in [5.74, 6) is -1.16. The van der Waals surface area contributed by atoms with E-state index in [1.54, 1.807) is 0 Å². The highest BCUT2D eigenvalue weighted by atomic mass is 127. The number of carbonyl (C=O) groups excluding carboxylic acids is 2. The number of pyridine rings is 3. The number of aliphatic hydroxyl groups excluding tert-OH is 11. The molecule has 25 atom stereocenters. The number of nitrogens with zero attached hydrogens (tertiary/aromatic N) is 14. The standard InChI is InChI=1S/C21H29FN5O5P.C13H16FN3O6.C12H12FN3O5.C12H12FN3O4.C9H11FIN3O4.C9H12FN3O4.C4H6O2.2CH4O/c1-12(2)27(13(3)4)33(30-10-9-23-6)32-18-14(5)31-20(17(18)22)26-11-15-7-8-16(28)24-19(15)25-21(26)29;1-22-8(19)3-2-6-4-17(13(21)16-11(6)15)12-9(14)10(20)7(5-18)23-12;13-8-9(19)6(4-17)21-11(8)16-3-5-1-2-7(18)14-10(5)15-12(16)20;1-5-9(18)8(13)11(20-5)16-4-6-2-3-7(17)14-10(6)15-12(16)19;10-5-6(16)4(2-15)18-8(5)14-1-3(11)7(12)13-9(14)17;10-6-7(15)4(3-14)17-8(6)13-2-1-5(11)12-9(13)16;1-3-4(5)6-2;2*1-2/h7-8,11-14,17-18,20H,9-10H2,1-5H3,(H,24,25,28,29);2-4,7,9-10,12,18,20H,5H2,1H3,(H2,15,16,21);1-3,6,8-9,11,17,19H,4H2,(H,14,15,18,20);2-5,8-9,11,18H,1H3,(H,14,15,17,19);1,4-6,8,15-16H,2H2,(H2,12,13,17);1-2,4,6-8,14-15H,3H2,(H2,11,12,16);3H,1H2,2H3;2*2H,1H3/b;3-2+;;;;;;;/i5D;;;1D;;;;2*2T. The largest absolute Gasteiger partial charge is 0.466 e. The quantitative estimate of drug-likeness (QED) is 0.00647. The molecule has 0 amide bonds. The van der Waals surface area contributed by atoms with Gasteiger partial charge in [0.25, 0.3) is 8.53 Å². The zero-order valence-electron chi connectivity index (χ0n) is 80.1. The average Bonchev–Trinajstić information content (AvgIpc) is 1.65. The van der Waals surface area contributed by atoms with E-state index in [2.05, 4.69) is 76.0 Å². The maximum atomic E-state index is 15.7. The number of rotatable bonds is 21. The number of aromatic amines is 3. The zero-order chi connectivity index (χ0) is 109. The minimum absolute atomic E-state index is 0.0129. The van der Waals surface area contributed by atoms with Gasteiger partial charge >= 0.3 is 46.1 Å². The summed E-state index contributed by atoms with van der Waals surface area (Å²) in [5.41, 5.74) is 10.6. The maximum absolute atomic E-state index is 15.7. The van der Waals surface area contributed by atoms with Crippen LogP contribution < -0.4 is 68.0 Å². The van der Waals surface area contributed by atoms with Gasteiger partial charge in [0.05, 0.1) is 56.4 Å². The molecule has 0 spiro atoms. The molecule has 6 saturated heterocycles. The van der Waals surface area contributed by atoms with Crippen LogP contribution in [0, 0.1) is 10.1 Å². The number of anilines is 3. The van der Waals surface area contributed by atoms with Crippen LogP contribution >= 0.6 is 31.1 Å². The van der Waals surface area contributed by atoms with Crippen LogP contribution in [0.3, 0.4) is 0 Å². The highest BCUT2D eigenvalue weighted by Gasteiger charge is 2.52. The number of H-pyrrole nitrogens is 3. The number of nitrogens with one attached hydrogen (secondary N) is 3. The highest BCUT2D eigenvalue weighted by molar-refractivity contribution is 14.1. The van der Waals surface area contributed by atoms with Gasteiger partial charge in [-0.05, 0) is 94.4 Å². The number of nitrogens with two attached hydrogens (primary N) is 3. The molecule has 15 rings (SSSR count). The highest BCUT2D eigenvalue weighted by Crippen LogP contribution is 2.51. The van der Waals surface area contributed by atoms with Gasteiger partial charge in [0.1, 0.15) is 102 Å². The molecule has 0 radical (unpaired) electrons. The van der Waals surface area contributed by atoms with Gasteiger partial charge in [0, 0.05) is 118 Å². The van der Waals surface area contributed by atoms with Crippen molar-refractivity contribution in [1.82, 2.24) is 76.9 Å². The predicted octanol–water partition coefficient (Wildman–Crippen LogP) is -3.02. The van der Waals surface area contributed by atoms with Gasteiger partial charge in [-0.3, -0.25) is 41.8 Å². The Kier molecular flexibility index (Phi) is 42.1. The van der Waals surface area contributed by atoms with Crippen LogP contribution in [0.4, 0.5) is 43.8 Å². The summed E-state index contributed by atoms with van der Waals surface area (Å²) in [7, 11) is 3.31. The summed E-state index contributed by atoms with van der Waals surface area (Å²) in [6, 6.07) is 9.46. The fraction of sp³-hybridized carbons (Fsp3) is 0.512. The number of alkyl halides is 6. The Hall–Kier alpha value is -11.8. The van der Waals surface area contributed by atoms with E-state index in [9.17, 15) is 100 Å². The van der Waals surface area contributed by atoms with E-state index in [0.29, 0.717) is 19.7 Å². The number of carbonyl (C=O) groups is 2. The van der Waals surface area contributed by atoms with Crippen molar-refractivity contribution < 1.29 is 142 Å². The topological polar surface area (TPSA) is 743 Å². The van der Waals surface area contributed by atoms with Crippen LogP contribution in [0.2, 0.25) is 0 Å². The fourth-order valence-electron chi connectivity index (χ4n) is 13.7. The first-order valence-electron chi connectivity index (χ1n) is 43.9. The third kappa shape index (κ3) is 28.8. The van der Waals surface area contributed by atoms with Crippen molar-refractivity contribution in [1.29, 1.82) is 2.86 Å². The number of ether oxygens (including phenoxy) is 8. The Morgan fingerprint density at radius 2 is 0.880 bits per heavy atom. The van der Waals surface area contributed by atoms with E-state index in [1.807, 2.05) is 55.0 Å². The van der Waals surface area contributed by atoms with Crippen LogP contribution in [0.5, 0.6) is 0 Å². The average molecular weight is 2160 g/mol. The molecule has 142 heavy (non-hydrogen) atoms. The molecule has 25 unspecified atom stereocenters. The predicted molar refractivity (Wildman–Crippen MR) is 495 cm³/mol. The molecule has 52 nitrogen and oxygen atoms in total. The SMILES string of the molecule is C=CC(=O)OC.COC(=O)/C=C/c1cn(C2OC(CO)C(O)C2F)c(=O)nc1N.Nc1ccn(C2OC(CO)C(O)C2F)c(=O)n1.Nc1nc(=O)n(C2OC(CO)C(O)C2F)cc1I.O=c1ccc2cn(C3OC(CO)C(O)C3F)c(=O)nc2[nH]1.[2H]CC1OC(n2cc3ccc(=O)[nH]c3nc2=O)C(F)C1O.[2H]CC1OC(n2cc3ccc(=O)[nH]c3nc2=O)C(F)C1OP(OCC[N+]#[C-])N(C(C)C)C(C)C.[3H]OC.[3H]OC. The Balaban J connectivity index is 0.000000235. The first-order valence-corrected chi connectivity index (χ1v) is 43.9. The lowest BCUT2D eigenvalue weighted by atomic mass is 10.1. The Morgan fingerprint density at radius 1 is 0.535 bits per heavy atom. The van der Waals surface area contributed by atoms with Crippen molar-refractivity contribution >= 4 is 99.7 Å². The molecule has 9 aromatic heterocycles. The smallest absolute Gasteiger partial charge is 0.351 e. The van der Waals surface area contributed by atoms with E-state index in [1.165, 1.54) is 108 Å². The number of methoxy groups -OCH3 is 2. The van der Waals surface area contributed by atoms with Crippen LogP contribution in [-0.4, -0.2) is 338 Å². The Labute approximate surface area is 817 Å². The van der Waals surface area contributed by atoms with Crippen molar-refractivity contribution in [2.45, 2.75) is 201 Å². The summed E-state index contributed by atoms with van der Waals surface area (Å²) in [5, 5.41) is 91.8. The number of esters is 2. The number of hydrogen-bond acceptors (Lipinski definition) is 42. The summed E-state index contributed by atoms with van der Waals surface area (Å²) < 4.78 is 172. The summed E-state index contributed by atoms with van der Waals surface area (Å²) >= 11 is 1.84. The minimum Gasteiger partial charge on any atom is -0.466 e. The number of fused-ring (bicyclic) bond motifs is 3. The molecule has 9 aromatic rings. The minimum atomic E-state index is -1.94. The molecule has 20 N–H and O–H groups in total. The summed E-state index contributed by atoms with van der Waals surface area (Å²) in [4.78, 5) is 158. The molecular weight excluding hydrogens is 2050 g/mol. The summed E-state index contributed by atoms with van der Waals surface area (Å²) in [6.07, 6.45) is -23.2. The van der Waals surface area contributed by atoms with Gasteiger partial charge in [-0.15, -0.1) is 0 Å². The molecular formula is C82H106F6IN20O32P. The van der Waals surface area contributed by atoms with Gasteiger partial charge in [0.15, 0.2) is 74.4 Å². The number of nitrogen functional groups attached to an aromatic ring is 3. The van der Waals surface area contributed by atoms with Gasteiger partial charge in [-0.2, -0.15) is 29.9 Å². The lowest BCUT2D eigenvalue weighted by Crippen LogP contribution is -2.38.